The molecule has 132 valence electrons. The molecule has 1 amide bonds. The monoisotopic (exact) mass is 353 g/mol. The zero-order chi connectivity index (χ0) is 17.9. The predicted molar refractivity (Wildman–Crippen MR) is 105 cm³/mol. The molecule has 1 N–H and O–H groups in total. The predicted octanol–water partition coefficient (Wildman–Crippen LogP) is 1.95. The van der Waals surface area contributed by atoms with Crippen LogP contribution in [0.5, 0.6) is 0 Å². The minimum Gasteiger partial charge on any atom is -0.411 e. The van der Waals surface area contributed by atoms with Crippen molar-refractivity contribution in [2.45, 2.75) is 20.8 Å². The summed E-state index contributed by atoms with van der Waals surface area (Å²) in [5.74, 6) is 0.464. The lowest BCUT2D eigenvalue weighted by molar-refractivity contribution is -0.136. The largest absolute Gasteiger partial charge is 0.411 e. The lowest BCUT2D eigenvalue weighted by Gasteiger charge is -2.41. The molecule has 1 aliphatic heterocycles. The van der Waals surface area contributed by atoms with Crippen LogP contribution in [0.2, 0.25) is 0 Å². The zero-order valence-electron chi connectivity index (χ0n) is 15.2. The molecule has 25 heavy (non-hydrogen) atoms. The van der Waals surface area contributed by atoms with Gasteiger partial charge < -0.3 is 9.74 Å². The average Bonchev–Trinajstić information content (AvgIpc) is 2.60. The van der Waals surface area contributed by atoms with Crippen LogP contribution >= 0.6 is 0 Å². The molecule has 0 aromatic heterocycles. The third kappa shape index (κ3) is 4.20. The van der Waals surface area contributed by atoms with E-state index in [2.05, 4.69) is 74.6 Å². The number of amides is 1. The Morgan fingerprint density at radius 1 is 1.04 bits per heavy atom. The van der Waals surface area contributed by atoms with Crippen LogP contribution < -0.4 is 15.7 Å². The van der Waals surface area contributed by atoms with Gasteiger partial charge in [0, 0.05) is 13.2 Å². The zero-order valence-corrected chi connectivity index (χ0v) is 16.4. The molecule has 0 bridgehead atoms. The second kappa shape index (κ2) is 7.54. The molecule has 0 saturated carbocycles. The Balaban J connectivity index is 1.81. The number of β-lactam (4-membered cyclic amide) rings is 1. The van der Waals surface area contributed by atoms with Crippen molar-refractivity contribution in [3.8, 4) is 0 Å². The molecule has 2 aromatic rings. The molecule has 1 fully saturated rings. The van der Waals surface area contributed by atoms with E-state index >= 15 is 0 Å². The Morgan fingerprint density at radius 2 is 1.56 bits per heavy atom. The lowest BCUT2D eigenvalue weighted by Crippen LogP contribution is -2.56. The van der Waals surface area contributed by atoms with E-state index in [-0.39, 0.29) is 23.2 Å². The van der Waals surface area contributed by atoms with Gasteiger partial charge in [0.2, 0.25) is 14.9 Å². The summed E-state index contributed by atoms with van der Waals surface area (Å²) in [5, 5.41) is 5.43. The van der Waals surface area contributed by atoms with Crippen molar-refractivity contribution >= 4 is 25.3 Å². The van der Waals surface area contributed by atoms with Crippen LogP contribution in [0.1, 0.15) is 20.8 Å². The van der Waals surface area contributed by atoms with Crippen molar-refractivity contribution in [2.75, 3.05) is 13.2 Å². The summed E-state index contributed by atoms with van der Waals surface area (Å²) >= 11 is 0. The molecule has 0 radical (unpaired) electrons. The highest BCUT2D eigenvalue weighted by atomic mass is 28.3. The van der Waals surface area contributed by atoms with E-state index in [4.69, 9.17) is 4.43 Å². The minimum atomic E-state index is -1.76. The molecule has 2 unspecified atom stereocenters. The summed E-state index contributed by atoms with van der Waals surface area (Å²) in [5.41, 5.74) is 0.0365. The fourth-order valence-corrected chi connectivity index (χ4v) is 5.75. The molecule has 1 saturated heterocycles. The van der Waals surface area contributed by atoms with Crippen LogP contribution in [0.25, 0.3) is 0 Å². The van der Waals surface area contributed by atoms with Gasteiger partial charge in [0.05, 0.1) is 5.92 Å². The Bertz CT molecular complexity index is 657. The van der Waals surface area contributed by atoms with Crippen LogP contribution in [-0.2, 0) is 9.22 Å². The van der Waals surface area contributed by atoms with Crippen LogP contribution in [0, 0.1) is 17.3 Å². The molecule has 1 heterocycles. The molecular formula is C21H27NO2Si. The Hall–Kier alpha value is -1.91. The topological polar surface area (TPSA) is 38.3 Å². The number of benzene rings is 2. The Kier molecular flexibility index (Phi) is 5.40. The van der Waals surface area contributed by atoms with Gasteiger partial charge in [0.25, 0.3) is 0 Å². The molecular weight excluding hydrogens is 326 g/mol. The summed E-state index contributed by atoms with van der Waals surface area (Å²) in [6, 6.07) is 21.0. The van der Waals surface area contributed by atoms with E-state index < -0.39 is 9.04 Å². The Labute approximate surface area is 152 Å². The maximum atomic E-state index is 11.9. The SMILES string of the molecule is CC(C)(C)C(CO[SiH](c1ccccc1)c1ccccc1)C1CNC1=O. The summed E-state index contributed by atoms with van der Waals surface area (Å²) in [6.45, 7) is 8.01. The fourth-order valence-electron chi connectivity index (χ4n) is 3.44. The van der Waals surface area contributed by atoms with Gasteiger partial charge in [-0.15, -0.1) is 0 Å². The van der Waals surface area contributed by atoms with Crippen molar-refractivity contribution in [1.29, 1.82) is 0 Å². The third-order valence-electron chi connectivity index (χ3n) is 5.08. The second-order valence-electron chi connectivity index (χ2n) is 7.86. The first-order chi connectivity index (χ1) is 12.0. The van der Waals surface area contributed by atoms with Gasteiger partial charge >= 0.3 is 0 Å². The van der Waals surface area contributed by atoms with Gasteiger partial charge in [-0.25, -0.2) is 0 Å². The van der Waals surface area contributed by atoms with E-state index in [0.717, 1.165) is 6.54 Å². The van der Waals surface area contributed by atoms with Gasteiger partial charge in [0.1, 0.15) is 0 Å². The first-order valence-electron chi connectivity index (χ1n) is 8.96. The van der Waals surface area contributed by atoms with Gasteiger partial charge in [-0.1, -0.05) is 81.4 Å². The fraction of sp³-hybridized carbons (Fsp3) is 0.381. The first-order valence-corrected chi connectivity index (χ1v) is 10.6. The smallest absolute Gasteiger partial charge is 0.239 e. The molecule has 4 heteroatoms. The van der Waals surface area contributed by atoms with Gasteiger partial charge in [-0.2, -0.15) is 0 Å². The average molecular weight is 354 g/mol. The standard InChI is InChI=1S/C21H27NO2Si/c1-21(2,3)19(18-14-22-20(18)23)15-24-25(16-10-6-4-7-11-16)17-12-8-5-9-13-17/h4-13,18-19,25H,14-15H2,1-3H3,(H,22,23). The highest BCUT2D eigenvalue weighted by molar-refractivity contribution is 6.80. The normalized spacial score (nSPS) is 18.6. The number of hydrogen-bond acceptors (Lipinski definition) is 2. The van der Waals surface area contributed by atoms with Crippen molar-refractivity contribution in [1.82, 2.24) is 5.32 Å². The summed E-state index contributed by atoms with van der Waals surface area (Å²) in [4.78, 5) is 11.9. The second-order valence-corrected chi connectivity index (χ2v) is 10.3. The lowest BCUT2D eigenvalue weighted by atomic mass is 9.71. The summed E-state index contributed by atoms with van der Waals surface area (Å²) in [7, 11) is -1.76. The van der Waals surface area contributed by atoms with Crippen LogP contribution in [-0.4, -0.2) is 28.1 Å². The maximum absolute atomic E-state index is 11.9. The van der Waals surface area contributed by atoms with E-state index in [0.29, 0.717) is 6.61 Å². The van der Waals surface area contributed by atoms with Crippen LogP contribution in [0.4, 0.5) is 0 Å². The van der Waals surface area contributed by atoms with Gasteiger partial charge in [-0.05, 0) is 21.7 Å². The van der Waals surface area contributed by atoms with Gasteiger partial charge in [-0.3, -0.25) is 4.79 Å². The van der Waals surface area contributed by atoms with Crippen molar-refractivity contribution in [2.24, 2.45) is 17.3 Å². The maximum Gasteiger partial charge on any atom is 0.239 e. The number of rotatable bonds is 6. The molecule has 2 atom stereocenters. The molecule has 2 aromatic carbocycles. The molecule has 1 aliphatic rings. The first kappa shape index (κ1) is 17.9. The van der Waals surface area contributed by atoms with E-state index in [1.807, 2.05) is 12.1 Å². The summed E-state index contributed by atoms with van der Waals surface area (Å²) < 4.78 is 6.57. The number of hydrogen-bond donors (Lipinski definition) is 1. The van der Waals surface area contributed by atoms with Gasteiger partial charge in [0.15, 0.2) is 0 Å². The minimum absolute atomic E-state index is 0.0365. The highest BCUT2D eigenvalue weighted by Crippen LogP contribution is 2.35. The number of carbonyl (C=O) groups is 1. The van der Waals surface area contributed by atoms with E-state index in [1.54, 1.807) is 0 Å². The van der Waals surface area contributed by atoms with Crippen molar-refractivity contribution in [3.05, 3.63) is 60.7 Å². The van der Waals surface area contributed by atoms with Crippen molar-refractivity contribution in [3.63, 3.8) is 0 Å². The molecule has 3 nitrogen and oxygen atoms in total. The van der Waals surface area contributed by atoms with E-state index in [1.165, 1.54) is 10.4 Å². The molecule has 0 spiro atoms. The summed E-state index contributed by atoms with van der Waals surface area (Å²) in [6.07, 6.45) is 0. The highest BCUT2D eigenvalue weighted by Gasteiger charge is 2.41. The quantitative estimate of drug-likeness (QED) is 0.637. The van der Waals surface area contributed by atoms with E-state index in [9.17, 15) is 4.79 Å². The number of nitrogens with one attached hydrogen (secondary N) is 1. The van der Waals surface area contributed by atoms with Crippen molar-refractivity contribution < 1.29 is 9.22 Å². The molecule has 3 rings (SSSR count). The number of carbonyl (C=O) groups excluding carboxylic acids is 1. The van der Waals surface area contributed by atoms with Crippen LogP contribution in [0.15, 0.2) is 60.7 Å². The molecule has 0 aliphatic carbocycles. The van der Waals surface area contributed by atoms with Crippen LogP contribution in [0.3, 0.4) is 0 Å². The third-order valence-corrected chi connectivity index (χ3v) is 7.58. The Morgan fingerprint density at radius 3 is 1.92 bits per heavy atom.